The first-order valence-corrected chi connectivity index (χ1v) is 10.00. The van der Waals surface area contributed by atoms with Crippen molar-refractivity contribution < 1.29 is 14.0 Å². The average Bonchev–Trinajstić information content (AvgIpc) is 2.75. The average molecular weight is 402 g/mol. The van der Waals surface area contributed by atoms with Crippen LogP contribution in [0.2, 0.25) is 0 Å². The minimum absolute atomic E-state index is 0.0314. The summed E-state index contributed by atoms with van der Waals surface area (Å²) in [6.45, 7) is 3.54. The summed E-state index contributed by atoms with van der Waals surface area (Å²) in [6, 6.07) is 22.3. The molecular formula is C25H23FN2O2. The van der Waals surface area contributed by atoms with E-state index in [1.165, 1.54) is 12.1 Å². The number of nitrogens with zero attached hydrogens (tertiary/aromatic N) is 2. The van der Waals surface area contributed by atoms with Crippen LogP contribution in [0.5, 0.6) is 0 Å². The summed E-state index contributed by atoms with van der Waals surface area (Å²) in [5.74, 6) is -0.548. The van der Waals surface area contributed by atoms with Crippen molar-refractivity contribution in [2.75, 3.05) is 9.80 Å². The normalized spacial score (nSPS) is 17.9. The number of halogens is 1. The third-order valence-corrected chi connectivity index (χ3v) is 5.56. The molecule has 0 spiro atoms. The van der Waals surface area contributed by atoms with E-state index in [4.69, 9.17) is 0 Å². The third kappa shape index (κ3) is 3.59. The molecule has 4 rings (SSSR count). The lowest BCUT2D eigenvalue weighted by molar-refractivity contribution is -0.117. The molecule has 4 nitrogen and oxygen atoms in total. The van der Waals surface area contributed by atoms with E-state index in [9.17, 15) is 14.0 Å². The third-order valence-electron chi connectivity index (χ3n) is 5.56. The van der Waals surface area contributed by atoms with E-state index in [2.05, 4.69) is 0 Å². The second-order valence-corrected chi connectivity index (χ2v) is 7.57. The molecule has 0 bridgehead atoms. The van der Waals surface area contributed by atoms with Crippen molar-refractivity contribution in [3.05, 3.63) is 95.8 Å². The van der Waals surface area contributed by atoms with Gasteiger partial charge in [-0.15, -0.1) is 0 Å². The van der Waals surface area contributed by atoms with Gasteiger partial charge in [0.2, 0.25) is 5.91 Å². The van der Waals surface area contributed by atoms with Gasteiger partial charge in [-0.05, 0) is 61.4 Å². The zero-order chi connectivity index (χ0) is 21.3. The summed E-state index contributed by atoms with van der Waals surface area (Å²) in [5, 5.41) is 0. The van der Waals surface area contributed by atoms with Crippen molar-refractivity contribution in [2.24, 2.45) is 0 Å². The van der Waals surface area contributed by atoms with Gasteiger partial charge in [-0.25, -0.2) is 4.39 Å². The predicted octanol–water partition coefficient (Wildman–Crippen LogP) is 5.36. The van der Waals surface area contributed by atoms with Crippen LogP contribution in [0.15, 0.2) is 78.9 Å². The van der Waals surface area contributed by atoms with Crippen LogP contribution in [-0.4, -0.2) is 17.9 Å². The van der Waals surface area contributed by atoms with E-state index >= 15 is 0 Å². The fourth-order valence-corrected chi connectivity index (χ4v) is 4.27. The van der Waals surface area contributed by atoms with Crippen LogP contribution in [0.1, 0.15) is 42.2 Å². The van der Waals surface area contributed by atoms with E-state index in [1.54, 1.807) is 41.0 Å². The second-order valence-electron chi connectivity index (χ2n) is 7.57. The second kappa shape index (κ2) is 8.11. The van der Waals surface area contributed by atoms with E-state index in [0.29, 0.717) is 17.7 Å². The molecule has 0 N–H and O–H groups in total. The molecule has 0 unspecified atom stereocenters. The lowest BCUT2D eigenvalue weighted by Gasteiger charge is -2.43. The molecule has 2 atom stereocenters. The van der Waals surface area contributed by atoms with Gasteiger partial charge in [-0.2, -0.15) is 0 Å². The van der Waals surface area contributed by atoms with Gasteiger partial charge < -0.3 is 9.80 Å². The van der Waals surface area contributed by atoms with Gasteiger partial charge in [0.1, 0.15) is 5.82 Å². The summed E-state index contributed by atoms with van der Waals surface area (Å²) in [6.07, 6.45) is 0.576. The van der Waals surface area contributed by atoms with Gasteiger partial charge in [0.15, 0.2) is 0 Å². The Hall–Kier alpha value is -3.47. The lowest BCUT2D eigenvalue weighted by atomic mass is 9.89. The quantitative estimate of drug-likeness (QED) is 0.592. The van der Waals surface area contributed by atoms with Crippen LogP contribution in [0, 0.1) is 5.82 Å². The Bertz CT molecular complexity index is 1070. The number of carbonyl (C=O) groups is 2. The molecule has 0 radical (unpaired) electrons. The minimum Gasteiger partial charge on any atom is -0.309 e. The summed E-state index contributed by atoms with van der Waals surface area (Å²) < 4.78 is 13.6. The first-order chi connectivity index (χ1) is 14.5. The highest BCUT2D eigenvalue weighted by atomic mass is 19.1. The number of carbonyl (C=O) groups excluding carboxylic acids is 2. The highest BCUT2D eigenvalue weighted by molar-refractivity contribution is 6.07. The number of benzene rings is 3. The van der Waals surface area contributed by atoms with Crippen LogP contribution in [0.3, 0.4) is 0 Å². The molecule has 0 aromatic heterocycles. The number of amides is 2. The number of hydrogen-bond acceptors (Lipinski definition) is 2. The maximum absolute atomic E-state index is 13.6. The Morgan fingerprint density at radius 2 is 1.57 bits per heavy atom. The molecule has 2 amide bonds. The molecule has 0 saturated carbocycles. The molecule has 0 saturated heterocycles. The number of rotatable bonds is 3. The zero-order valence-electron chi connectivity index (χ0n) is 17.0. The maximum Gasteiger partial charge on any atom is 0.258 e. The largest absolute Gasteiger partial charge is 0.309 e. The van der Waals surface area contributed by atoms with Crippen molar-refractivity contribution in [2.45, 2.75) is 32.4 Å². The van der Waals surface area contributed by atoms with Crippen molar-refractivity contribution >= 4 is 23.2 Å². The monoisotopic (exact) mass is 402 g/mol. The molecular weight excluding hydrogens is 379 g/mol. The lowest BCUT2D eigenvalue weighted by Crippen LogP contribution is -2.47. The fourth-order valence-electron chi connectivity index (χ4n) is 4.27. The number of hydrogen-bond donors (Lipinski definition) is 0. The minimum atomic E-state index is -0.356. The van der Waals surface area contributed by atoms with E-state index in [-0.39, 0.29) is 29.7 Å². The van der Waals surface area contributed by atoms with Crippen LogP contribution < -0.4 is 9.80 Å². The summed E-state index contributed by atoms with van der Waals surface area (Å²) in [5.41, 5.74) is 2.88. The molecule has 3 aromatic carbocycles. The SMILES string of the molecule is CC(=O)N1c2ccccc2[C@@H](N(C(=O)c2ccccc2)c2ccc(F)cc2)C[C@@H]1C. The van der Waals surface area contributed by atoms with Crippen LogP contribution >= 0.6 is 0 Å². The fraction of sp³-hybridized carbons (Fsp3) is 0.200. The van der Waals surface area contributed by atoms with Crippen molar-refractivity contribution in [1.82, 2.24) is 0 Å². The summed E-state index contributed by atoms with van der Waals surface area (Å²) in [7, 11) is 0. The van der Waals surface area contributed by atoms with E-state index < -0.39 is 0 Å². The van der Waals surface area contributed by atoms with E-state index in [0.717, 1.165) is 11.3 Å². The van der Waals surface area contributed by atoms with Crippen LogP contribution in [-0.2, 0) is 4.79 Å². The molecule has 3 aromatic rings. The number of fused-ring (bicyclic) bond motifs is 1. The summed E-state index contributed by atoms with van der Waals surface area (Å²) >= 11 is 0. The molecule has 1 aliphatic heterocycles. The number of para-hydroxylation sites is 1. The Morgan fingerprint density at radius 3 is 2.23 bits per heavy atom. The molecule has 1 aliphatic rings. The van der Waals surface area contributed by atoms with Crippen molar-refractivity contribution in [3.8, 4) is 0 Å². The van der Waals surface area contributed by atoms with Gasteiger partial charge in [0.05, 0.1) is 6.04 Å². The first kappa shape index (κ1) is 19.8. The van der Waals surface area contributed by atoms with Crippen LogP contribution in [0.4, 0.5) is 15.8 Å². The van der Waals surface area contributed by atoms with Gasteiger partial charge >= 0.3 is 0 Å². The van der Waals surface area contributed by atoms with E-state index in [1.807, 2.05) is 49.4 Å². The van der Waals surface area contributed by atoms with Gasteiger partial charge in [0.25, 0.3) is 5.91 Å². The molecule has 5 heteroatoms. The zero-order valence-corrected chi connectivity index (χ0v) is 17.0. The smallest absolute Gasteiger partial charge is 0.258 e. The van der Waals surface area contributed by atoms with Crippen molar-refractivity contribution in [3.63, 3.8) is 0 Å². The Balaban J connectivity index is 1.86. The molecule has 152 valence electrons. The maximum atomic E-state index is 13.6. The first-order valence-electron chi connectivity index (χ1n) is 10.00. The topological polar surface area (TPSA) is 40.6 Å². The van der Waals surface area contributed by atoms with Crippen molar-refractivity contribution in [1.29, 1.82) is 0 Å². The highest BCUT2D eigenvalue weighted by Gasteiger charge is 2.37. The van der Waals surface area contributed by atoms with Gasteiger partial charge in [-0.1, -0.05) is 36.4 Å². The standard InChI is InChI=1S/C25H23FN2O2/c1-17-16-24(22-10-6-7-11-23(22)27(17)18(2)29)28(21-14-12-20(26)13-15-21)25(30)19-8-4-3-5-9-19/h3-15,17,24H,16H2,1-2H3/t17-,24-/m0/s1. The van der Waals surface area contributed by atoms with Gasteiger partial charge in [-0.3, -0.25) is 9.59 Å². The van der Waals surface area contributed by atoms with Gasteiger partial charge in [0, 0.05) is 29.9 Å². The Morgan fingerprint density at radius 1 is 0.933 bits per heavy atom. The summed E-state index contributed by atoms with van der Waals surface area (Å²) in [4.78, 5) is 29.4. The number of anilines is 2. The Labute approximate surface area is 175 Å². The Kier molecular flexibility index (Phi) is 5.36. The molecule has 0 aliphatic carbocycles. The molecule has 1 heterocycles. The highest BCUT2D eigenvalue weighted by Crippen LogP contribution is 2.42. The predicted molar refractivity (Wildman–Crippen MR) is 116 cm³/mol. The molecule has 0 fully saturated rings. The van der Waals surface area contributed by atoms with Crippen LogP contribution in [0.25, 0.3) is 0 Å². The molecule has 30 heavy (non-hydrogen) atoms.